The van der Waals surface area contributed by atoms with Gasteiger partial charge in [0.25, 0.3) is 0 Å². The minimum Gasteiger partial charge on any atom is -0.486 e. The molecule has 0 saturated heterocycles. The van der Waals surface area contributed by atoms with Crippen molar-refractivity contribution in [3.63, 3.8) is 0 Å². The minimum absolute atomic E-state index is 0.284. The Labute approximate surface area is 106 Å². The Kier molecular flexibility index (Phi) is 3.44. The van der Waals surface area contributed by atoms with Crippen molar-refractivity contribution in [2.24, 2.45) is 0 Å². The number of aromatic nitrogens is 1. The van der Waals surface area contributed by atoms with E-state index in [1.165, 1.54) is 0 Å². The number of nitrogen functional groups attached to an aromatic ring is 1. The Bertz CT molecular complexity index is 582. The molecule has 4 nitrogen and oxygen atoms in total. The summed E-state index contributed by atoms with van der Waals surface area (Å²) >= 11 is 0. The van der Waals surface area contributed by atoms with Crippen molar-refractivity contribution in [2.45, 2.75) is 13.5 Å². The van der Waals surface area contributed by atoms with Gasteiger partial charge in [-0.3, -0.25) is 0 Å². The fraction of sp³-hybridized carbons (Fsp3) is 0.143. The van der Waals surface area contributed by atoms with Gasteiger partial charge in [0.2, 0.25) is 0 Å². The third kappa shape index (κ3) is 2.41. The van der Waals surface area contributed by atoms with Crippen LogP contribution in [0.15, 0.2) is 36.5 Å². The van der Waals surface area contributed by atoms with Crippen LogP contribution in [0.3, 0.4) is 0 Å². The lowest BCUT2D eigenvalue weighted by atomic mass is 10.2. The Hall–Kier alpha value is -2.54. The molecule has 0 aliphatic rings. The zero-order chi connectivity index (χ0) is 13.0. The summed E-state index contributed by atoms with van der Waals surface area (Å²) in [6.45, 7) is 2.21. The Morgan fingerprint density at radius 1 is 1.33 bits per heavy atom. The Balaban J connectivity index is 2.20. The first-order chi connectivity index (χ1) is 8.72. The molecule has 2 aromatic rings. The number of para-hydroxylation sites is 1. The molecule has 2 N–H and O–H groups in total. The molecule has 0 radical (unpaired) electrons. The van der Waals surface area contributed by atoms with Crippen LogP contribution in [0.2, 0.25) is 0 Å². The number of nitrogens with zero attached hydrogens (tertiary/aromatic N) is 2. The van der Waals surface area contributed by atoms with E-state index in [2.05, 4.69) is 4.98 Å². The second-order valence-corrected chi connectivity index (χ2v) is 3.90. The summed E-state index contributed by atoms with van der Waals surface area (Å²) in [5.41, 5.74) is 8.55. The molecule has 0 aliphatic heterocycles. The SMILES string of the molecule is Cc1cccc(N)c1OCc1cccnc1C#N. The first-order valence-corrected chi connectivity index (χ1v) is 5.54. The fourth-order valence-electron chi connectivity index (χ4n) is 1.68. The predicted octanol–water partition coefficient (Wildman–Crippen LogP) is 2.42. The van der Waals surface area contributed by atoms with Gasteiger partial charge in [0, 0.05) is 11.8 Å². The lowest BCUT2D eigenvalue weighted by molar-refractivity contribution is 0.305. The van der Waals surface area contributed by atoms with Crippen LogP contribution in [0.1, 0.15) is 16.8 Å². The third-order valence-electron chi connectivity index (χ3n) is 2.61. The van der Waals surface area contributed by atoms with E-state index in [1.54, 1.807) is 18.3 Å². The zero-order valence-corrected chi connectivity index (χ0v) is 10.1. The van der Waals surface area contributed by atoms with Gasteiger partial charge in [0.1, 0.15) is 24.1 Å². The molecule has 2 rings (SSSR count). The third-order valence-corrected chi connectivity index (χ3v) is 2.61. The maximum absolute atomic E-state index is 8.93. The van der Waals surface area contributed by atoms with E-state index in [0.29, 0.717) is 17.1 Å². The summed E-state index contributed by atoms with van der Waals surface area (Å²) in [6.07, 6.45) is 1.59. The van der Waals surface area contributed by atoms with E-state index in [9.17, 15) is 0 Å². The van der Waals surface area contributed by atoms with E-state index >= 15 is 0 Å². The number of hydrogen-bond donors (Lipinski definition) is 1. The van der Waals surface area contributed by atoms with E-state index < -0.39 is 0 Å². The molecular formula is C14H13N3O. The van der Waals surface area contributed by atoms with Gasteiger partial charge in [-0.25, -0.2) is 4.98 Å². The minimum atomic E-state index is 0.284. The Morgan fingerprint density at radius 2 is 2.17 bits per heavy atom. The molecule has 1 heterocycles. The summed E-state index contributed by atoms with van der Waals surface area (Å²) in [6, 6.07) is 11.2. The van der Waals surface area contributed by atoms with Gasteiger partial charge < -0.3 is 10.5 Å². The average molecular weight is 239 g/mol. The van der Waals surface area contributed by atoms with Crippen LogP contribution in [-0.4, -0.2) is 4.98 Å². The number of nitriles is 1. The van der Waals surface area contributed by atoms with Crippen LogP contribution in [0.5, 0.6) is 5.75 Å². The summed E-state index contributed by atoms with van der Waals surface area (Å²) in [7, 11) is 0. The number of ether oxygens (including phenoxy) is 1. The van der Waals surface area contributed by atoms with Crippen LogP contribution in [-0.2, 0) is 6.61 Å². The summed E-state index contributed by atoms with van der Waals surface area (Å²) < 4.78 is 5.68. The standard InChI is InChI=1S/C14H13N3O/c1-10-4-2-6-12(16)14(10)18-9-11-5-3-7-17-13(11)8-15/h2-7H,9,16H2,1H3. The van der Waals surface area contributed by atoms with Gasteiger partial charge in [-0.05, 0) is 24.6 Å². The number of hydrogen-bond acceptors (Lipinski definition) is 4. The van der Waals surface area contributed by atoms with E-state index in [1.807, 2.05) is 31.2 Å². The molecule has 0 atom stereocenters. The lowest BCUT2D eigenvalue weighted by Gasteiger charge is -2.11. The largest absolute Gasteiger partial charge is 0.486 e. The van der Waals surface area contributed by atoms with Gasteiger partial charge in [-0.2, -0.15) is 5.26 Å². The molecule has 0 saturated carbocycles. The number of rotatable bonds is 3. The number of anilines is 1. The molecule has 18 heavy (non-hydrogen) atoms. The average Bonchev–Trinajstić information content (AvgIpc) is 2.38. The highest BCUT2D eigenvalue weighted by Crippen LogP contribution is 2.26. The molecular weight excluding hydrogens is 226 g/mol. The van der Waals surface area contributed by atoms with Crippen LogP contribution in [0, 0.1) is 18.3 Å². The molecule has 1 aromatic heterocycles. The molecule has 1 aromatic carbocycles. The molecule has 0 aliphatic carbocycles. The normalized spacial score (nSPS) is 9.78. The van der Waals surface area contributed by atoms with Crippen LogP contribution in [0.25, 0.3) is 0 Å². The van der Waals surface area contributed by atoms with E-state index in [0.717, 1.165) is 11.1 Å². The van der Waals surface area contributed by atoms with Crippen LogP contribution < -0.4 is 10.5 Å². The van der Waals surface area contributed by atoms with E-state index in [-0.39, 0.29) is 6.61 Å². The van der Waals surface area contributed by atoms with Gasteiger partial charge in [0.15, 0.2) is 0 Å². The number of pyridine rings is 1. The quantitative estimate of drug-likeness (QED) is 0.835. The summed E-state index contributed by atoms with van der Waals surface area (Å²) in [5.74, 6) is 0.658. The highest BCUT2D eigenvalue weighted by Gasteiger charge is 2.07. The first kappa shape index (κ1) is 11.9. The molecule has 4 heteroatoms. The van der Waals surface area contributed by atoms with Crippen molar-refractivity contribution >= 4 is 5.69 Å². The summed E-state index contributed by atoms with van der Waals surface area (Å²) in [4.78, 5) is 3.98. The van der Waals surface area contributed by atoms with Gasteiger partial charge in [0.05, 0.1) is 5.69 Å². The highest BCUT2D eigenvalue weighted by atomic mass is 16.5. The smallest absolute Gasteiger partial charge is 0.147 e. The summed E-state index contributed by atoms with van der Waals surface area (Å²) in [5, 5.41) is 8.93. The monoisotopic (exact) mass is 239 g/mol. The lowest BCUT2D eigenvalue weighted by Crippen LogP contribution is -2.03. The van der Waals surface area contributed by atoms with Crippen molar-refractivity contribution < 1.29 is 4.74 Å². The molecule has 90 valence electrons. The molecule has 0 unspecified atom stereocenters. The van der Waals surface area contributed by atoms with Crippen molar-refractivity contribution in [2.75, 3.05) is 5.73 Å². The van der Waals surface area contributed by atoms with Crippen LogP contribution >= 0.6 is 0 Å². The Morgan fingerprint density at radius 3 is 2.89 bits per heavy atom. The van der Waals surface area contributed by atoms with Crippen molar-refractivity contribution in [3.8, 4) is 11.8 Å². The van der Waals surface area contributed by atoms with Crippen molar-refractivity contribution in [1.82, 2.24) is 4.98 Å². The number of nitrogens with two attached hydrogens (primary N) is 1. The second kappa shape index (κ2) is 5.19. The maximum atomic E-state index is 8.93. The maximum Gasteiger partial charge on any atom is 0.147 e. The van der Waals surface area contributed by atoms with Crippen molar-refractivity contribution in [3.05, 3.63) is 53.3 Å². The fourth-order valence-corrected chi connectivity index (χ4v) is 1.68. The molecule has 0 spiro atoms. The van der Waals surface area contributed by atoms with Gasteiger partial charge >= 0.3 is 0 Å². The molecule has 0 amide bonds. The predicted molar refractivity (Wildman–Crippen MR) is 68.9 cm³/mol. The number of aryl methyl sites for hydroxylation is 1. The van der Waals surface area contributed by atoms with Crippen molar-refractivity contribution in [1.29, 1.82) is 5.26 Å². The zero-order valence-electron chi connectivity index (χ0n) is 10.1. The van der Waals surface area contributed by atoms with E-state index in [4.69, 9.17) is 15.7 Å². The first-order valence-electron chi connectivity index (χ1n) is 5.54. The highest BCUT2D eigenvalue weighted by molar-refractivity contribution is 5.56. The molecule has 0 fully saturated rings. The number of benzene rings is 1. The second-order valence-electron chi connectivity index (χ2n) is 3.90. The molecule has 0 bridgehead atoms. The van der Waals surface area contributed by atoms with Gasteiger partial charge in [-0.15, -0.1) is 0 Å². The van der Waals surface area contributed by atoms with Crippen LogP contribution in [0.4, 0.5) is 5.69 Å². The topological polar surface area (TPSA) is 71.9 Å². The van der Waals surface area contributed by atoms with Gasteiger partial charge in [-0.1, -0.05) is 18.2 Å².